The van der Waals surface area contributed by atoms with Crippen LogP contribution in [0.25, 0.3) is 0 Å². The fraction of sp³-hybridized carbons (Fsp3) is 0.250. The molecule has 0 atom stereocenters. The van der Waals surface area contributed by atoms with E-state index in [1.807, 2.05) is 0 Å². The summed E-state index contributed by atoms with van der Waals surface area (Å²) in [6.07, 6.45) is -0.143. The predicted octanol–water partition coefficient (Wildman–Crippen LogP) is -0.00750. The molecule has 2 aromatic rings. The SMILES string of the molecule is O=C(O)Cc1csc(Sc2nnn(CC(=O)O)n2)n1. The summed E-state index contributed by atoms with van der Waals surface area (Å²) in [5.41, 5.74) is 0.456. The van der Waals surface area contributed by atoms with Gasteiger partial charge in [0.05, 0.1) is 12.1 Å². The van der Waals surface area contributed by atoms with E-state index in [4.69, 9.17) is 10.2 Å². The lowest BCUT2D eigenvalue weighted by Crippen LogP contribution is -2.11. The number of thiazole rings is 1. The number of nitrogens with zero attached hydrogens (tertiary/aromatic N) is 5. The van der Waals surface area contributed by atoms with Crippen molar-refractivity contribution in [2.45, 2.75) is 22.5 Å². The third kappa shape index (κ3) is 3.99. The largest absolute Gasteiger partial charge is 0.481 e. The summed E-state index contributed by atoms with van der Waals surface area (Å²) < 4.78 is 0.575. The standard InChI is InChI=1S/C8H7N5O4S2/c14-5(15)1-4-3-18-8(9-4)19-7-10-12-13(11-7)2-6(16)17/h3H,1-2H2,(H,14,15)(H,16,17). The average molecular weight is 301 g/mol. The molecule has 0 aromatic carbocycles. The molecular formula is C8H7N5O4S2. The van der Waals surface area contributed by atoms with E-state index in [-0.39, 0.29) is 18.1 Å². The summed E-state index contributed by atoms with van der Waals surface area (Å²) in [7, 11) is 0. The number of carboxylic acid groups (broad SMARTS) is 2. The lowest BCUT2D eigenvalue weighted by Gasteiger charge is -1.90. The van der Waals surface area contributed by atoms with Crippen LogP contribution in [-0.2, 0) is 22.6 Å². The van der Waals surface area contributed by atoms with Gasteiger partial charge in [-0.05, 0) is 17.0 Å². The zero-order valence-electron chi connectivity index (χ0n) is 9.26. The van der Waals surface area contributed by atoms with Crippen LogP contribution < -0.4 is 0 Å². The molecule has 2 aromatic heterocycles. The molecule has 0 fully saturated rings. The Morgan fingerprint density at radius 2 is 2.16 bits per heavy atom. The highest BCUT2D eigenvalue weighted by Gasteiger charge is 2.11. The molecule has 0 bridgehead atoms. The van der Waals surface area contributed by atoms with Crippen LogP contribution in [0.2, 0.25) is 0 Å². The minimum Gasteiger partial charge on any atom is -0.481 e. The van der Waals surface area contributed by atoms with E-state index in [0.717, 1.165) is 16.6 Å². The van der Waals surface area contributed by atoms with Crippen molar-refractivity contribution in [3.63, 3.8) is 0 Å². The van der Waals surface area contributed by atoms with Gasteiger partial charge in [0.2, 0.25) is 5.16 Å². The van der Waals surface area contributed by atoms with Crippen molar-refractivity contribution in [3.8, 4) is 0 Å². The number of rotatable bonds is 6. The summed E-state index contributed by atoms with van der Waals surface area (Å²) in [5, 5.41) is 30.1. The van der Waals surface area contributed by atoms with Crippen LogP contribution in [0.4, 0.5) is 0 Å². The fourth-order valence-corrected chi connectivity index (χ4v) is 2.74. The van der Waals surface area contributed by atoms with Crippen molar-refractivity contribution in [3.05, 3.63) is 11.1 Å². The van der Waals surface area contributed by atoms with Gasteiger partial charge in [-0.1, -0.05) is 0 Å². The van der Waals surface area contributed by atoms with Crippen LogP contribution in [0.15, 0.2) is 14.9 Å². The van der Waals surface area contributed by atoms with Gasteiger partial charge >= 0.3 is 11.9 Å². The zero-order valence-corrected chi connectivity index (χ0v) is 10.9. The topological polar surface area (TPSA) is 131 Å². The summed E-state index contributed by atoms with van der Waals surface area (Å²) in [6.45, 7) is -0.365. The Morgan fingerprint density at radius 1 is 1.37 bits per heavy atom. The molecule has 0 unspecified atom stereocenters. The molecule has 0 spiro atoms. The quantitative estimate of drug-likeness (QED) is 0.756. The van der Waals surface area contributed by atoms with Gasteiger partial charge in [-0.2, -0.15) is 4.80 Å². The second kappa shape index (κ2) is 5.75. The highest BCUT2D eigenvalue weighted by atomic mass is 32.2. The Kier molecular flexibility index (Phi) is 4.06. The highest BCUT2D eigenvalue weighted by Crippen LogP contribution is 2.27. The Balaban J connectivity index is 2.00. The Morgan fingerprint density at radius 3 is 2.84 bits per heavy atom. The second-order valence-corrected chi connectivity index (χ2v) is 5.35. The lowest BCUT2D eigenvalue weighted by molar-refractivity contribution is -0.138. The number of aromatic nitrogens is 5. The van der Waals surface area contributed by atoms with E-state index in [0.29, 0.717) is 10.0 Å². The summed E-state index contributed by atoms with van der Waals surface area (Å²) in [4.78, 5) is 26.0. The van der Waals surface area contributed by atoms with Crippen LogP contribution >= 0.6 is 23.1 Å². The number of hydrogen-bond acceptors (Lipinski definition) is 8. The number of hydrogen-bond donors (Lipinski definition) is 2. The number of aliphatic carboxylic acids is 2. The number of carbonyl (C=O) groups is 2. The van der Waals surface area contributed by atoms with Gasteiger partial charge in [-0.25, -0.2) is 4.98 Å². The summed E-state index contributed by atoms with van der Waals surface area (Å²) >= 11 is 2.36. The van der Waals surface area contributed by atoms with Crippen molar-refractivity contribution >= 4 is 35.0 Å². The number of tetrazole rings is 1. The fourth-order valence-electron chi connectivity index (χ4n) is 1.11. The maximum Gasteiger partial charge on any atom is 0.327 e. The van der Waals surface area contributed by atoms with Crippen LogP contribution in [0.3, 0.4) is 0 Å². The maximum absolute atomic E-state index is 10.5. The first-order valence-corrected chi connectivity index (χ1v) is 6.56. The highest BCUT2D eigenvalue weighted by molar-refractivity contribution is 8.00. The monoisotopic (exact) mass is 301 g/mol. The predicted molar refractivity (Wildman–Crippen MR) is 63.0 cm³/mol. The minimum absolute atomic E-state index is 0.143. The van der Waals surface area contributed by atoms with Crippen molar-refractivity contribution < 1.29 is 19.8 Å². The van der Waals surface area contributed by atoms with Crippen molar-refractivity contribution in [2.24, 2.45) is 0 Å². The summed E-state index contributed by atoms with van der Waals surface area (Å²) in [5.74, 6) is -2.01. The van der Waals surface area contributed by atoms with Gasteiger partial charge in [0.15, 0.2) is 10.9 Å². The Labute approximate surface area is 114 Å². The van der Waals surface area contributed by atoms with Crippen LogP contribution in [-0.4, -0.2) is 47.3 Å². The van der Waals surface area contributed by atoms with Crippen molar-refractivity contribution in [2.75, 3.05) is 0 Å². The van der Waals surface area contributed by atoms with E-state index < -0.39 is 11.9 Å². The van der Waals surface area contributed by atoms with Gasteiger partial charge in [-0.3, -0.25) is 9.59 Å². The van der Waals surface area contributed by atoms with Crippen LogP contribution in [0, 0.1) is 0 Å². The first-order chi connectivity index (χ1) is 9.02. The first-order valence-electron chi connectivity index (χ1n) is 4.86. The Bertz CT molecular complexity index is 558. The van der Waals surface area contributed by atoms with Crippen LogP contribution in [0.5, 0.6) is 0 Å². The zero-order chi connectivity index (χ0) is 13.8. The van der Waals surface area contributed by atoms with E-state index in [9.17, 15) is 9.59 Å². The molecule has 0 saturated carbocycles. The third-order valence-electron chi connectivity index (χ3n) is 1.75. The van der Waals surface area contributed by atoms with Gasteiger partial charge in [-0.15, -0.1) is 21.5 Å². The third-order valence-corrected chi connectivity index (χ3v) is 3.59. The van der Waals surface area contributed by atoms with Crippen molar-refractivity contribution in [1.29, 1.82) is 0 Å². The van der Waals surface area contributed by atoms with E-state index in [2.05, 4.69) is 20.4 Å². The molecular weight excluding hydrogens is 294 g/mol. The molecule has 100 valence electrons. The van der Waals surface area contributed by atoms with Crippen LogP contribution in [0.1, 0.15) is 5.69 Å². The first kappa shape index (κ1) is 13.4. The minimum atomic E-state index is -1.06. The molecule has 11 heteroatoms. The Hall–Kier alpha value is -2.01. The van der Waals surface area contributed by atoms with Gasteiger partial charge in [0.25, 0.3) is 0 Å². The van der Waals surface area contributed by atoms with E-state index in [1.54, 1.807) is 5.38 Å². The normalized spacial score (nSPS) is 10.5. The molecule has 19 heavy (non-hydrogen) atoms. The molecule has 0 saturated heterocycles. The van der Waals surface area contributed by atoms with E-state index >= 15 is 0 Å². The number of carboxylic acids is 2. The molecule has 0 aliphatic rings. The molecule has 9 nitrogen and oxygen atoms in total. The molecule has 2 rings (SSSR count). The van der Waals surface area contributed by atoms with Gasteiger partial charge < -0.3 is 10.2 Å². The second-order valence-electron chi connectivity index (χ2n) is 3.27. The van der Waals surface area contributed by atoms with Gasteiger partial charge in [0.1, 0.15) is 0 Å². The summed E-state index contributed by atoms with van der Waals surface area (Å²) in [6, 6.07) is 0. The van der Waals surface area contributed by atoms with Gasteiger partial charge in [0, 0.05) is 5.38 Å². The molecule has 2 heterocycles. The lowest BCUT2D eigenvalue weighted by atomic mass is 10.3. The molecule has 0 aliphatic heterocycles. The maximum atomic E-state index is 10.5. The average Bonchev–Trinajstić information content (AvgIpc) is 2.88. The molecule has 0 amide bonds. The molecule has 0 aliphatic carbocycles. The van der Waals surface area contributed by atoms with E-state index in [1.165, 1.54) is 11.3 Å². The smallest absolute Gasteiger partial charge is 0.327 e. The molecule has 0 radical (unpaired) electrons. The molecule has 2 N–H and O–H groups in total. The van der Waals surface area contributed by atoms with Crippen molar-refractivity contribution in [1.82, 2.24) is 25.2 Å².